The van der Waals surface area contributed by atoms with E-state index in [1.807, 2.05) is 30.3 Å². The van der Waals surface area contributed by atoms with Crippen molar-refractivity contribution in [2.45, 2.75) is 6.92 Å². The molecular weight excluding hydrogens is 390 g/mol. The molecule has 2 aromatic carbocycles. The normalized spacial score (nSPS) is 10.2. The minimum Gasteiger partial charge on any atom is -0.462 e. The molecule has 0 atom stereocenters. The summed E-state index contributed by atoms with van der Waals surface area (Å²) < 4.78 is 10.1. The number of esters is 2. The van der Waals surface area contributed by atoms with Crippen molar-refractivity contribution in [3.8, 4) is 10.4 Å². The Morgan fingerprint density at radius 2 is 1.55 bits per heavy atom. The Labute approximate surface area is 172 Å². The van der Waals surface area contributed by atoms with Crippen LogP contribution in [0.25, 0.3) is 10.4 Å². The standard InChI is InChI=1S/C22H19NO5S/c1-2-27-22(26)17-13-18(15-9-5-3-6-10-15)29-20(17)23-19(24)14-28-21(25)16-11-7-4-8-12-16/h3-13H,2,14H2,1H3,(H,23,24). The molecule has 3 aromatic rings. The first-order valence-corrected chi connectivity index (χ1v) is 9.78. The van der Waals surface area contributed by atoms with Gasteiger partial charge < -0.3 is 14.8 Å². The number of anilines is 1. The maximum atomic E-state index is 12.3. The molecule has 0 bridgehead atoms. The zero-order chi connectivity index (χ0) is 20.6. The van der Waals surface area contributed by atoms with E-state index in [9.17, 15) is 14.4 Å². The molecular formula is C22H19NO5S. The summed E-state index contributed by atoms with van der Waals surface area (Å²) in [6.07, 6.45) is 0. The number of rotatable bonds is 7. The summed E-state index contributed by atoms with van der Waals surface area (Å²) >= 11 is 1.25. The van der Waals surface area contributed by atoms with Crippen LogP contribution in [0.2, 0.25) is 0 Å². The molecule has 0 radical (unpaired) electrons. The van der Waals surface area contributed by atoms with E-state index in [4.69, 9.17) is 9.47 Å². The molecule has 29 heavy (non-hydrogen) atoms. The van der Waals surface area contributed by atoms with Gasteiger partial charge in [0.05, 0.1) is 17.7 Å². The van der Waals surface area contributed by atoms with E-state index in [-0.39, 0.29) is 12.2 Å². The second kappa shape index (κ2) is 9.66. The number of ether oxygens (including phenoxy) is 2. The summed E-state index contributed by atoms with van der Waals surface area (Å²) in [5, 5.41) is 3.00. The SMILES string of the molecule is CCOC(=O)c1cc(-c2ccccc2)sc1NC(=O)COC(=O)c1ccccc1. The van der Waals surface area contributed by atoms with Crippen molar-refractivity contribution < 1.29 is 23.9 Å². The smallest absolute Gasteiger partial charge is 0.341 e. The van der Waals surface area contributed by atoms with E-state index in [1.54, 1.807) is 43.3 Å². The number of amides is 1. The lowest BCUT2D eigenvalue weighted by molar-refractivity contribution is -0.119. The number of carbonyl (C=O) groups is 3. The number of hydrogen-bond donors (Lipinski definition) is 1. The molecule has 1 aromatic heterocycles. The molecule has 148 valence electrons. The van der Waals surface area contributed by atoms with Gasteiger partial charge in [0, 0.05) is 4.88 Å². The van der Waals surface area contributed by atoms with Gasteiger partial charge in [-0.25, -0.2) is 9.59 Å². The van der Waals surface area contributed by atoms with Gasteiger partial charge in [-0.1, -0.05) is 48.5 Å². The van der Waals surface area contributed by atoms with Crippen molar-refractivity contribution >= 4 is 34.2 Å². The van der Waals surface area contributed by atoms with E-state index in [0.29, 0.717) is 10.6 Å². The Morgan fingerprint density at radius 1 is 0.897 bits per heavy atom. The third-order valence-electron chi connectivity index (χ3n) is 3.88. The van der Waals surface area contributed by atoms with Crippen LogP contribution in [-0.2, 0) is 14.3 Å². The van der Waals surface area contributed by atoms with Crippen molar-refractivity contribution in [1.82, 2.24) is 0 Å². The second-order valence-electron chi connectivity index (χ2n) is 5.93. The molecule has 1 heterocycles. The Hall–Kier alpha value is -3.45. The third kappa shape index (κ3) is 5.30. The largest absolute Gasteiger partial charge is 0.462 e. The van der Waals surface area contributed by atoms with E-state index in [2.05, 4.69) is 5.32 Å². The van der Waals surface area contributed by atoms with Gasteiger partial charge in [-0.2, -0.15) is 0 Å². The molecule has 6 nitrogen and oxygen atoms in total. The van der Waals surface area contributed by atoms with Crippen LogP contribution in [-0.4, -0.2) is 31.1 Å². The zero-order valence-electron chi connectivity index (χ0n) is 15.7. The van der Waals surface area contributed by atoms with Gasteiger partial charge in [0.15, 0.2) is 6.61 Å². The average Bonchev–Trinajstić information content (AvgIpc) is 3.17. The van der Waals surface area contributed by atoms with Crippen LogP contribution in [0.5, 0.6) is 0 Å². The zero-order valence-corrected chi connectivity index (χ0v) is 16.5. The predicted molar refractivity (Wildman–Crippen MR) is 111 cm³/mol. The monoisotopic (exact) mass is 409 g/mol. The highest BCUT2D eigenvalue weighted by molar-refractivity contribution is 7.20. The molecule has 0 saturated carbocycles. The number of thiophene rings is 1. The first-order chi connectivity index (χ1) is 14.1. The van der Waals surface area contributed by atoms with Crippen molar-refractivity contribution in [2.24, 2.45) is 0 Å². The van der Waals surface area contributed by atoms with Gasteiger partial charge in [-0.3, -0.25) is 4.79 Å². The fourth-order valence-electron chi connectivity index (χ4n) is 2.54. The summed E-state index contributed by atoms with van der Waals surface area (Å²) in [5.74, 6) is -1.66. The molecule has 1 N–H and O–H groups in total. The average molecular weight is 409 g/mol. The quantitative estimate of drug-likeness (QED) is 0.586. The number of benzene rings is 2. The van der Waals surface area contributed by atoms with E-state index >= 15 is 0 Å². The first kappa shape index (κ1) is 20.3. The highest BCUT2D eigenvalue weighted by Gasteiger charge is 2.20. The van der Waals surface area contributed by atoms with Gasteiger partial charge in [0.2, 0.25) is 0 Å². The van der Waals surface area contributed by atoms with Crippen LogP contribution in [0.3, 0.4) is 0 Å². The van der Waals surface area contributed by atoms with Crippen LogP contribution in [0.15, 0.2) is 66.7 Å². The Balaban J connectivity index is 1.73. The molecule has 0 aliphatic carbocycles. The maximum absolute atomic E-state index is 12.3. The van der Waals surface area contributed by atoms with Gasteiger partial charge in [0.1, 0.15) is 5.00 Å². The predicted octanol–water partition coefficient (Wildman–Crippen LogP) is 4.39. The molecule has 0 fully saturated rings. The van der Waals surface area contributed by atoms with E-state index in [1.165, 1.54) is 11.3 Å². The number of carbonyl (C=O) groups excluding carboxylic acids is 3. The van der Waals surface area contributed by atoms with Crippen LogP contribution in [0.1, 0.15) is 27.6 Å². The number of hydrogen-bond acceptors (Lipinski definition) is 6. The fraction of sp³-hybridized carbons (Fsp3) is 0.136. The van der Waals surface area contributed by atoms with Crippen molar-refractivity contribution in [3.63, 3.8) is 0 Å². The van der Waals surface area contributed by atoms with Gasteiger partial charge in [-0.15, -0.1) is 11.3 Å². The molecule has 0 aliphatic rings. The fourth-order valence-corrected chi connectivity index (χ4v) is 3.61. The molecule has 1 amide bonds. The minimum atomic E-state index is -0.595. The maximum Gasteiger partial charge on any atom is 0.341 e. The molecule has 0 unspecified atom stereocenters. The summed E-state index contributed by atoms with van der Waals surface area (Å²) in [6.45, 7) is 1.47. The Kier molecular flexibility index (Phi) is 6.76. The van der Waals surface area contributed by atoms with E-state index in [0.717, 1.165) is 10.4 Å². The number of nitrogens with one attached hydrogen (secondary N) is 1. The highest BCUT2D eigenvalue weighted by Crippen LogP contribution is 2.35. The highest BCUT2D eigenvalue weighted by atomic mass is 32.1. The third-order valence-corrected chi connectivity index (χ3v) is 4.98. The molecule has 0 aliphatic heterocycles. The summed E-state index contributed by atoms with van der Waals surface area (Å²) in [5.41, 5.74) is 1.53. The second-order valence-corrected chi connectivity index (χ2v) is 6.98. The first-order valence-electron chi connectivity index (χ1n) is 8.97. The molecule has 0 spiro atoms. The van der Waals surface area contributed by atoms with Crippen LogP contribution in [0.4, 0.5) is 5.00 Å². The lowest BCUT2D eigenvalue weighted by Crippen LogP contribution is -2.21. The topological polar surface area (TPSA) is 81.7 Å². The lowest BCUT2D eigenvalue weighted by atomic mass is 10.1. The molecule has 0 saturated heterocycles. The van der Waals surface area contributed by atoms with Gasteiger partial charge in [-0.05, 0) is 30.7 Å². The van der Waals surface area contributed by atoms with Crippen LogP contribution >= 0.6 is 11.3 Å². The van der Waals surface area contributed by atoms with Crippen molar-refractivity contribution in [2.75, 3.05) is 18.5 Å². The molecule has 3 rings (SSSR count). The lowest BCUT2D eigenvalue weighted by Gasteiger charge is -2.07. The van der Waals surface area contributed by atoms with Crippen LogP contribution < -0.4 is 5.32 Å². The van der Waals surface area contributed by atoms with Crippen LogP contribution in [0, 0.1) is 0 Å². The van der Waals surface area contributed by atoms with Crippen molar-refractivity contribution in [1.29, 1.82) is 0 Å². The minimum absolute atomic E-state index is 0.220. The Morgan fingerprint density at radius 3 is 2.21 bits per heavy atom. The van der Waals surface area contributed by atoms with Crippen molar-refractivity contribution in [3.05, 3.63) is 77.9 Å². The summed E-state index contributed by atoms with van der Waals surface area (Å²) in [4.78, 5) is 37.4. The van der Waals surface area contributed by atoms with Gasteiger partial charge in [0.25, 0.3) is 5.91 Å². The molecule has 7 heteroatoms. The summed E-state index contributed by atoms with van der Waals surface area (Å²) in [7, 11) is 0. The summed E-state index contributed by atoms with van der Waals surface area (Å²) in [6, 6.07) is 19.6. The van der Waals surface area contributed by atoms with Gasteiger partial charge >= 0.3 is 11.9 Å². The van der Waals surface area contributed by atoms with E-state index < -0.39 is 24.5 Å². The Bertz CT molecular complexity index is 999.